The molecule has 0 amide bonds. The quantitative estimate of drug-likeness (QED) is 0.440. The summed E-state index contributed by atoms with van der Waals surface area (Å²) < 4.78 is 5.71. The van der Waals surface area contributed by atoms with Gasteiger partial charge in [0.2, 0.25) is 0 Å². The number of alkyl halides is 1. The van der Waals surface area contributed by atoms with Crippen molar-refractivity contribution in [2.75, 3.05) is 4.43 Å². The average molecular weight is 340 g/mol. The van der Waals surface area contributed by atoms with Crippen molar-refractivity contribution in [3.05, 3.63) is 0 Å². The second-order valence-electron chi connectivity index (χ2n) is 5.57. The Kier molecular flexibility index (Phi) is 4.23. The van der Waals surface area contributed by atoms with E-state index in [9.17, 15) is 10.0 Å². The van der Waals surface area contributed by atoms with Gasteiger partial charge in [-0.3, -0.25) is 4.79 Å². The summed E-state index contributed by atoms with van der Waals surface area (Å²) in [7, 11) is 0. The molecule has 1 fully saturated rings. The molecule has 5 heteroatoms. The number of ether oxygens (including phenoxy) is 1. The molecule has 1 aliphatic heterocycles. The fourth-order valence-electron chi connectivity index (χ4n) is 2.47. The van der Waals surface area contributed by atoms with Crippen LogP contribution >= 0.6 is 22.6 Å². The zero-order valence-electron chi connectivity index (χ0n) is 10.2. The fraction of sp³-hybridized carbons (Fsp3) is 0.909. The minimum Gasteiger partial charge on any atom is -0.462 e. The lowest BCUT2D eigenvalue weighted by atomic mass is 9.80. The summed E-state index contributed by atoms with van der Waals surface area (Å²) in [4.78, 5) is 11.3. The van der Waals surface area contributed by atoms with Gasteiger partial charge < -0.3 is 4.74 Å². The van der Waals surface area contributed by atoms with Crippen molar-refractivity contribution in [1.29, 1.82) is 0 Å². The van der Waals surface area contributed by atoms with Crippen LogP contribution in [0.1, 0.15) is 40.5 Å². The van der Waals surface area contributed by atoms with Crippen molar-refractivity contribution < 1.29 is 14.7 Å². The molecule has 0 aromatic rings. The molecule has 1 rings (SSSR count). The van der Waals surface area contributed by atoms with Gasteiger partial charge in [0.1, 0.15) is 6.10 Å². The van der Waals surface area contributed by atoms with E-state index in [1.54, 1.807) is 0 Å². The van der Waals surface area contributed by atoms with Crippen LogP contribution in [-0.4, -0.2) is 32.6 Å². The molecular formula is C11H19INO3. The largest absolute Gasteiger partial charge is 0.462 e. The molecule has 0 atom stereocenters. The number of hydrogen-bond acceptors (Lipinski definition) is 3. The number of hydrogen-bond donors (Lipinski definition) is 0. The molecule has 16 heavy (non-hydrogen) atoms. The van der Waals surface area contributed by atoms with Crippen LogP contribution in [-0.2, 0) is 14.7 Å². The van der Waals surface area contributed by atoms with E-state index >= 15 is 0 Å². The van der Waals surface area contributed by atoms with Gasteiger partial charge in [0.15, 0.2) is 0 Å². The van der Waals surface area contributed by atoms with E-state index in [0.717, 1.165) is 5.06 Å². The Labute approximate surface area is 110 Å². The zero-order valence-corrected chi connectivity index (χ0v) is 12.4. The predicted octanol–water partition coefficient (Wildman–Crippen LogP) is 2.33. The highest BCUT2D eigenvalue weighted by atomic mass is 127. The maximum absolute atomic E-state index is 12.0. The van der Waals surface area contributed by atoms with Crippen molar-refractivity contribution in [2.24, 2.45) is 0 Å². The topological polar surface area (TPSA) is 49.4 Å². The first kappa shape index (κ1) is 14.2. The van der Waals surface area contributed by atoms with Crippen molar-refractivity contribution in [1.82, 2.24) is 5.06 Å². The summed E-state index contributed by atoms with van der Waals surface area (Å²) in [5, 5.41) is 13.2. The lowest BCUT2D eigenvalue weighted by molar-refractivity contribution is -0.299. The summed E-state index contributed by atoms with van der Waals surface area (Å²) in [6.45, 7) is 7.58. The third kappa shape index (κ3) is 3.07. The fourth-order valence-corrected chi connectivity index (χ4v) is 2.65. The summed E-state index contributed by atoms with van der Waals surface area (Å²) in [5.41, 5.74) is -0.948. The van der Waals surface area contributed by atoms with E-state index in [1.165, 1.54) is 0 Å². The highest BCUT2D eigenvalue weighted by molar-refractivity contribution is 14.1. The number of carbonyl (C=O) groups is 1. The normalized spacial score (nSPS) is 25.4. The van der Waals surface area contributed by atoms with Gasteiger partial charge in [-0.2, -0.15) is 0 Å². The number of piperidine rings is 1. The highest BCUT2D eigenvalue weighted by Gasteiger charge is 2.47. The van der Waals surface area contributed by atoms with Crippen molar-refractivity contribution in [2.45, 2.75) is 57.7 Å². The summed E-state index contributed by atoms with van der Waals surface area (Å²) in [5.74, 6) is -0.198. The number of hydroxylamine groups is 2. The van der Waals surface area contributed by atoms with E-state index in [4.69, 9.17) is 4.74 Å². The Morgan fingerprint density at radius 3 is 2.12 bits per heavy atom. The monoisotopic (exact) mass is 340 g/mol. The van der Waals surface area contributed by atoms with E-state index in [-0.39, 0.29) is 12.1 Å². The lowest BCUT2D eigenvalue weighted by Crippen LogP contribution is -2.60. The molecular weight excluding hydrogens is 321 g/mol. The van der Waals surface area contributed by atoms with Crippen LogP contribution in [0.4, 0.5) is 0 Å². The molecule has 1 heterocycles. The molecule has 0 aromatic heterocycles. The lowest BCUT2D eigenvalue weighted by Gasteiger charge is -2.49. The number of rotatable bonds is 2. The Bertz CT molecular complexity index is 260. The highest BCUT2D eigenvalue weighted by Crippen LogP contribution is 2.38. The van der Waals surface area contributed by atoms with Crippen molar-refractivity contribution >= 4 is 28.6 Å². The molecule has 0 bridgehead atoms. The van der Waals surface area contributed by atoms with Crippen LogP contribution in [0.2, 0.25) is 0 Å². The minimum absolute atomic E-state index is 0.141. The number of carbonyl (C=O) groups excluding carboxylic acids is 1. The zero-order chi connectivity index (χ0) is 12.6. The third-order valence-electron chi connectivity index (χ3n) is 2.96. The van der Waals surface area contributed by atoms with Gasteiger partial charge in [0.05, 0.1) is 4.43 Å². The molecule has 0 spiro atoms. The van der Waals surface area contributed by atoms with Gasteiger partial charge in [-0.15, -0.1) is 10.3 Å². The van der Waals surface area contributed by atoms with Crippen LogP contribution in [0.5, 0.6) is 0 Å². The molecule has 1 radical (unpaired) electrons. The SMILES string of the molecule is CC1(C)CC(OC(=O)CI)CC(C)(C)N1[O]. The molecule has 0 aliphatic carbocycles. The molecule has 93 valence electrons. The number of halogens is 1. The maximum atomic E-state index is 12.0. The van der Waals surface area contributed by atoms with Gasteiger partial charge in [-0.05, 0) is 27.7 Å². The molecule has 0 saturated carbocycles. The molecule has 0 aromatic carbocycles. The molecule has 0 N–H and O–H groups in total. The van der Waals surface area contributed by atoms with Gasteiger partial charge in [0.25, 0.3) is 0 Å². The first-order valence-corrected chi connectivity index (χ1v) is 6.94. The van der Waals surface area contributed by atoms with Crippen molar-refractivity contribution in [3.63, 3.8) is 0 Å². The maximum Gasteiger partial charge on any atom is 0.316 e. The van der Waals surface area contributed by atoms with Crippen LogP contribution in [0.15, 0.2) is 0 Å². The molecule has 0 unspecified atom stereocenters. The van der Waals surface area contributed by atoms with Gasteiger partial charge in [0, 0.05) is 23.9 Å². The number of esters is 1. The minimum atomic E-state index is -0.474. The van der Waals surface area contributed by atoms with Crippen LogP contribution in [0.3, 0.4) is 0 Å². The van der Waals surface area contributed by atoms with E-state index in [0.29, 0.717) is 17.3 Å². The van der Waals surface area contributed by atoms with E-state index in [1.807, 2.05) is 50.3 Å². The summed E-state index contributed by atoms with van der Waals surface area (Å²) >= 11 is 1.98. The Morgan fingerprint density at radius 2 is 1.75 bits per heavy atom. The molecule has 1 aliphatic rings. The first-order chi connectivity index (χ1) is 7.19. The van der Waals surface area contributed by atoms with E-state index in [2.05, 4.69) is 0 Å². The molecule has 1 saturated heterocycles. The van der Waals surface area contributed by atoms with Crippen molar-refractivity contribution in [3.8, 4) is 0 Å². The van der Waals surface area contributed by atoms with Crippen LogP contribution in [0.25, 0.3) is 0 Å². The Hall–Kier alpha value is 0.120. The first-order valence-electron chi connectivity index (χ1n) is 5.42. The number of nitrogens with zero attached hydrogens (tertiary/aromatic N) is 1. The molecule has 4 nitrogen and oxygen atoms in total. The third-order valence-corrected chi connectivity index (χ3v) is 3.58. The standard InChI is InChI=1S/C11H19INO3/c1-10(2)5-8(16-9(14)7-12)6-11(3,4)13(10)15/h8H,5-7H2,1-4H3. The smallest absolute Gasteiger partial charge is 0.316 e. The average Bonchev–Trinajstić information content (AvgIpc) is 2.13. The Morgan fingerprint density at radius 1 is 1.31 bits per heavy atom. The second kappa shape index (κ2) is 4.78. The van der Waals surface area contributed by atoms with Crippen LogP contribution < -0.4 is 0 Å². The second-order valence-corrected chi connectivity index (χ2v) is 6.34. The Balaban J connectivity index is 2.75. The van der Waals surface area contributed by atoms with Gasteiger partial charge in [-0.25, -0.2) is 0 Å². The summed E-state index contributed by atoms with van der Waals surface area (Å²) in [6.07, 6.45) is 1.06. The summed E-state index contributed by atoms with van der Waals surface area (Å²) in [6, 6.07) is 0. The predicted molar refractivity (Wildman–Crippen MR) is 68.7 cm³/mol. The van der Waals surface area contributed by atoms with Crippen LogP contribution in [0, 0.1) is 0 Å². The van der Waals surface area contributed by atoms with Gasteiger partial charge >= 0.3 is 5.97 Å². The van der Waals surface area contributed by atoms with E-state index < -0.39 is 11.1 Å². The van der Waals surface area contributed by atoms with Gasteiger partial charge in [-0.1, -0.05) is 22.6 Å².